The number of carbonyl (C=O) groups is 4. The maximum absolute atomic E-state index is 12.9. The van der Waals surface area contributed by atoms with Gasteiger partial charge < -0.3 is 49.3 Å². The largest absolute Gasteiger partial charge is 0.480 e. The summed E-state index contributed by atoms with van der Waals surface area (Å²) in [6, 6.07) is -3.55. The number of amides is 3. The summed E-state index contributed by atoms with van der Waals surface area (Å²) >= 11 is 0. The highest BCUT2D eigenvalue weighted by atomic mass is 16.4. The number of aliphatic carboxylic acids is 1. The van der Waals surface area contributed by atoms with E-state index in [0.717, 1.165) is 13.0 Å². The summed E-state index contributed by atoms with van der Waals surface area (Å²) in [5.74, 6) is -3.04. The zero-order valence-corrected chi connectivity index (χ0v) is 20.0. The van der Waals surface area contributed by atoms with Gasteiger partial charge >= 0.3 is 5.97 Å². The molecule has 0 aromatic rings. The van der Waals surface area contributed by atoms with E-state index in [1.807, 2.05) is 0 Å². The third kappa shape index (κ3) is 11.9. The van der Waals surface area contributed by atoms with Gasteiger partial charge in [-0.2, -0.15) is 0 Å². The van der Waals surface area contributed by atoms with E-state index in [2.05, 4.69) is 31.3 Å². The van der Waals surface area contributed by atoms with Crippen LogP contribution in [0.3, 0.4) is 0 Å². The Morgan fingerprint density at radius 2 is 1.46 bits per heavy atom. The summed E-state index contributed by atoms with van der Waals surface area (Å²) in [6.07, 6.45) is 2.41. The van der Waals surface area contributed by atoms with Crippen molar-refractivity contribution < 1.29 is 24.3 Å². The molecule has 13 N–H and O–H groups in total. The topological polar surface area (TPSA) is 265 Å². The maximum Gasteiger partial charge on any atom is 0.326 e. The molecule has 35 heavy (non-hydrogen) atoms. The second-order valence-electron chi connectivity index (χ2n) is 8.24. The highest BCUT2D eigenvalue weighted by Gasteiger charge is 2.29. The van der Waals surface area contributed by atoms with Gasteiger partial charge in [0.15, 0.2) is 11.9 Å². The van der Waals surface area contributed by atoms with E-state index in [9.17, 15) is 24.3 Å². The highest BCUT2D eigenvalue weighted by Crippen LogP contribution is 2.06. The van der Waals surface area contributed by atoms with Crippen LogP contribution < -0.4 is 44.2 Å². The third-order valence-electron chi connectivity index (χ3n) is 5.27. The van der Waals surface area contributed by atoms with E-state index >= 15 is 0 Å². The van der Waals surface area contributed by atoms with Gasteiger partial charge in [0.2, 0.25) is 17.7 Å². The molecule has 198 valence electrons. The van der Waals surface area contributed by atoms with E-state index in [1.54, 1.807) is 0 Å². The Morgan fingerprint density at radius 3 is 1.94 bits per heavy atom. The Kier molecular flexibility index (Phi) is 12.9. The SMILES string of the molecule is CC(NC(=O)C1CCCN1)C(=O)NC(CCCN=C(N)N)C(=O)NC(CCCN=C(N)N)C(=O)O. The lowest BCUT2D eigenvalue weighted by molar-refractivity contribution is -0.142. The van der Waals surface area contributed by atoms with Crippen LogP contribution in [0.1, 0.15) is 45.4 Å². The number of carboxylic acids is 1. The van der Waals surface area contributed by atoms with Gasteiger partial charge in [-0.05, 0) is 52.0 Å². The first-order valence-corrected chi connectivity index (χ1v) is 11.5. The molecule has 1 heterocycles. The summed E-state index contributed by atoms with van der Waals surface area (Å²) in [5.41, 5.74) is 21.1. The molecule has 1 rings (SSSR count). The van der Waals surface area contributed by atoms with Crippen LogP contribution in [0.2, 0.25) is 0 Å². The van der Waals surface area contributed by atoms with Crippen LogP contribution in [-0.4, -0.2) is 84.5 Å². The predicted octanol–water partition coefficient (Wildman–Crippen LogP) is -3.60. The summed E-state index contributed by atoms with van der Waals surface area (Å²) in [4.78, 5) is 57.1. The Balaban J connectivity index is 2.78. The molecule has 1 aliphatic rings. The van der Waals surface area contributed by atoms with E-state index in [4.69, 9.17) is 22.9 Å². The number of guanidine groups is 2. The van der Waals surface area contributed by atoms with Gasteiger partial charge in [0, 0.05) is 13.1 Å². The van der Waals surface area contributed by atoms with Crippen molar-refractivity contribution in [3.63, 3.8) is 0 Å². The van der Waals surface area contributed by atoms with Crippen molar-refractivity contribution in [2.75, 3.05) is 19.6 Å². The normalized spacial score (nSPS) is 17.3. The number of carbonyl (C=O) groups excluding carboxylic acids is 3. The van der Waals surface area contributed by atoms with Crippen molar-refractivity contribution >= 4 is 35.6 Å². The zero-order chi connectivity index (χ0) is 26.4. The summed E-state index contributed by atoms with van der Waals surface area (Å²) < 4.78 is 0. The van der Waals surface area contributed by atoms with Gasteiger partial charge in [0.25, 0.3) is 0 Å². The summed E-state index contributed by atoms with van der Waals surface area (Å²) in [6.45, 7) is 2.64. The second kappa shape index (κ2) is 15.3. The van der Waals surface area contributed by atoms with Crippen LogP contribution in [0, 0.1) is 0 Å². The Hall–Kier alpha value is -3.62. The summed E-state index contributed by atoms with van der Waals surface area (Å²) in [7, 11) is 0. The molecule has 15 heteroatoms. The molecular weight excluding hydrogens is 460 g/mol. The first-order chi connectivity index (χ1) is 16.5. The number of hydrogen-bond donors (Lipinski definition) is 9. The molecule has 4 unspecified atom stereocenters. The summed E-state index contributed by atoms with van der Waals surface area (Å²) in [5, 5.41) is 20.2. The van der Waals surface area contributed by atoms with Crippen molar-refractivity contribution in [3.05, 3.63) is 0 Å². The van der Waals surface area contributed by atoms with Gasteiger partial charge in [-0.1, -0.05) is 0 Å². The van der Waals surface area contributed by atoms with Gasteiger partial charge in [0.1, 0.15) is 18.1 Å². The molecule has 4 atom stereocenters. The number of nitrogens with zero attached hydrogens (tertiary/aromatic N) is 2. The van der Waals surface area contributed by atoms with Crippen molar-refractivity contribution in [1.82, 2.24) is 21.3 Å². The van der Waals surface area contributed by atoms with Gasteiger partial charge in [0.05, 0.1) is 6.04 Å². The Bertz CT molecular complexity index is 789. The predicted molar refractivity (Wildman–Crippen MR) is 130 cm³/mol. The van der Waals surface area contributed by atoms with Crippen LogP contribution in [0.15, 0.2) is 9.98 Å². The van der Waals surface area contributed by atoms with Crippen LogP contribution in [-0.2, 0) is 19.2 Å². The van der Waals surface area contributed by atoms with Crippen molar-refractivity contribution in [2.24, 2.45) is 32.9 Å². The molecule has 0 aliphatic carbocycles. The second-order valence-corrected chi connectivity index (χ2v) is 8.24. The molecule has 0 radical (unpaired) electrons. The molecule has 3 amide bonds. The molecule has 0 aromatic heterocycles. The highest BCUT2D eigenvalue weighted by molar-refractivity contribution is 5.94. The average Bonchev–Trinajstić information content (AvgIpc) is 3.32. The molecule has 1 aliphatic heterocycles. The fourth-order valence-corrected chi connectivity index (χ4v) is 3.39. The number of aliphatic imine (C=N–C) groups is 2. The van der Waals surface area contributed by atoms with Crippen LogP contribution in [0.5, 0.6) is 0 Å². The number of nitrogens with two attached hydrogens (primary N) is 4. The third-order valence-corrected chi connectivity index (χ3v) is 5.27. The fourth-order valence-electron chi connectivity index (χ4n) is 3.39. The van der Waals surface area contributed by atoms with Gasteiger partial charge in [-0.3, -0.25) is 24.4 Å². The van der Waals surface area contributed by atoms with E-state index < -0.39 is 35.9 Å². The van der Waals surface area contributed by atoms with Crippen molar-refractivity contribution in [2.45, 2.75) is 69.6 Å². The molecule has 0 aromatic carbocycles. The standard InChI is InChI=1S/C20H38N10O5/c1-11(28-16(32)12-5-2-8-25-12)15(31)29-13(6-3-9-26-19(21)22)17(33)30-14(18(34)35)7-4-10-27-20(23)24/h11-14,25H,2-10H2,1H3,(H,28,32)(H,29,31)(H,30,33)(H,34,35)(H4,21,22,26)(H4,23,24,27). The smallest absolute Gasteiger partial charge is 0.326 e. The zero-order valence-electron chi connectivity index (χ0n) is 20.0. The lowest BCUT2D eigenvalue weighted by Gasteiger charge is -2.23. The molecule has 15 nitrogen and oxygen atoms in total. The lowest BCUT2D eigenvalue weighted by Crippen LogP contribution is -2.56. The number of nitrogens with one attached hydrogen (secondary N) is 4. The number of hydrogen-bond acceptors (Lipinski definition) is 7. The molecule has 0 bridgehead atoms. The quantitative estimate of drug-likeness (QED) is 0.0608. The maximum atomic E-state index is 12.9. The fraction of sp³-hybridized carbons (Fsp3) is 0.700. The van der Waals surface area contributed by atoms with E-state index in [1.165, 1.54) is 6.92 Å². The molecule has 0 saturated carbocycles. The van der Waals surface area contributed by atoms with Crippen LogP contribution in [0.25, 0.3) is 0 Å². The molecule has 1 saturated heterocycles. The van der Waals surface area contributed by atoms with Gasteiger partial charge in [-0.15, -0.1) is 0 Å². The first-order valence-electron chi connectivity index (χ1n) is 11.5. The van der Waals surface area contributed by atoms with Crippen molar-refractivity contribution in [3.8, 4) is 0 Å². The van der Waals surface area contributed by atoms with E-state index in [-0.39, 0.29) is 49.8 Å². The van der Waals surface area contributed by atoms with E-state index in [0.29, 0.717) is 19.3 Å². The minimum atomic E-state index is -1.24. The monoisotopic (exact) mass is 498 g/mol. The lowest BCUT2D eigenvalue weighted by atomic mass is 10.1. The van der Waals surface area contributed by atoms with Crippen LogP contribution >= 0.6 is 0 Å². The number of rotatable bonds is 15. The number of carboxylic acid groups (broad SMARTS) is 1. The van der Waals surface area contributed by atoms with Gasteiger partial charge in [-0.25, -0.2) is 4.79 Å². The van der Waals surface area contributed by atoms with Crippen molar-refractivity contribution in [1.29, 1.82) is 0 Å². The first kappa shape index (κ1) is 29.4. The minimum absolute atomic E-state index is 0.0768. The molecule has 0 spiro atoms. The molecular formula is C20H38N10O5. The molecule has 1 fully saturated rings. The minimum Gasteiger partial charge on any atom is -0.480 e. The average molecular weight is 499 g/mol. The van der Waals surface area contributed by atoms with Crippen LogP contribution in [0.4, 0.5) is 0 Å². The Morgan fingerprint density at radius 1 is 0.914 bits per heavy atom. The Labute approximate surface area is 203 Å².